The third-order valence-corrected chi connectivity index (χ3v) is 13.2. The molecule has 1 heterocycles. The molecule has 1 aliphatic rings. The Balaban J connectivity index is 0.965. The Hall–Kier alpha value is -7.68. The summed E-state index contributed by atoms with van der Waals surface area (Å²) >= 11 is 0. The van der Waals surface area contributed by atoms with Gasteiger partial charge < -0.3 is 9.47 Å². The molecule has 0 spiro atoms. The average molecular weight is 779 g/mol. The first-order valence-electron chi connectivity index (χ1n) is 21.3. The number of fused-ring (bicyclic) bond motifs is 9. The SMILES string of the molecule is CC1(C)c2cc(-c3ccc4c(c3)c3ccccc3n4-c3ccccc3)ccc2-c2ccc(N(c3ccc(-c4ccccc4)cc3)c3ccc4ccc5ccccc5c4c3)cc21. The number of rotatable bonds is 6. The van der Waals surface area contributed by atoms with Gasteiger partial charge in [0.05, 0.1) is 11.0 Å². The Morgan fingerprint density at radius 3 is 1.67 bits per heavy atom. The van der Waals surface area contributed by atoms with Crippen LogP contribution < -0.4 is 4.90 Å². The normalized spacial score (nSPS) is 12.9. The zero-order valence-corrected chi connectivity index (χ0v) is 34.2. The van der Waals surface area contributed by atoms with Gasteiger partial charge in [-0.25, -0.2) is 0 Å². The number of aromatic nitrogens is 1. The number of anilines is 3. The first-order chi connectivity index (χ1) is 30.0. The molecule has 0 saturated heterocycles. The quantitative estimate of drug-likeness (QED) is 0.153. The first kappa shape index (κ1) is 35.3. The molecule has 1 aliphatic carbocycles. The van der Waals surface area contributed by atoms with E-state index >= 15 is 0 Å². The molecule has 10 aromatic carbocycles. The topological polar surface area (TPSA) is 8.17 Å². The largest absolute Gasteiger partial charge is 0.310 e. The highest BCUT2D eigenvalue weighted by Crippen LogP contribution is 2.52. The third-order valence-electron chi connectivity index (χ3n) is 13.2. The lowest BCUT2D eigenvalue weighted by molar-refractivity contribution is 0.660. The molecule has 2 nitrogen and oxygen atoms in total. The van der Waals surface area contributed by atoms with Crippen molar-refractivity contribution in [2.45, 2.75) is 19.3 Å². The fourth-order valence-corrected chi connectivity index (χ4v) is 10.1. The van der Waals surface area contributed by atoms with E-state index < -0.39 is 0 Å². The van der Waals surface area contributed by atoms with E-state index in [0.717, 1.165) is 17.1 Å². The predicted molar refractivity (Wildman–Crippen MR) is 259 cm³/mol. The van der Waals surface area contributed by atoms with Crippen LogP contribution in [0.15, 0.2) is 218 Å². The van der Waals surface area contributed by atoms with Gasteiger partial charge >= 0.3 is 0 Å². The lowest BCUT2D eigenvalue weighted by Crippen LogP contribution is -2.16. The summed E-state index contributed by atoms with van der Waals surface area (Å²) in [6.07, 6.45) is 0. The van der Waals surface area contributed by atoms with Gasteiger partial charge in [-0.3, -0.25) is 0 Å². The molecule has 0 bridgehead atoms. The third kappa shape index (κ3) is 5.64. The van der Waals surface area contributed by atoms with Gasteiger partial charge in [-0.2, -0.15) is 0 Å². The standard InChI is InChI=1S/C59H42N2/c1-59(2)55-36-44(43-27-34-58-54(35-43)52-19-11-12-20-57(52)61(58)45-16-7-4-8-17-45)26-32-50(55)51-33-31-48(38-56(51)59)60(46-28-23-40(24-29-46)39-13-5-3-6-14-39)47-30-25-42-22-21-41-15-9-10-18-49(41)53(42)37-47/h3-38H,1-2H3. The van der Waals surface area contributed by atoms with E-state index in [9.17, 15) is 0 Å². The van der Waals surface area contributed by atoms with Gasteiger partial charge in [0.25, 0.3) is 0 Å². The number of para-hydroxylation sites is 2. The molecule has 288 valence electrons. The number of hydrogen-bond donors (Lipinski definition) is 0. The van der Waals surface area contributed by atoms with Crippen LogP contribution in [0.25, 0.3) is 82.4 Å². The lowest BCUT2D eigenvalue weighted by Gasteiger charge is -2.28. The van der Waals surface area contributed by atoms with E-state index in [-0.39, 0.29) is 5.41 Å². The van der Waals surface area contributed by atoms with Crippen LogP contribution in [-0.2, 0) is 5.41 Å². The number of nitrogens with zero attached hydrogens (tertiary/aromatic N) is 2. The lowest BCUT2D eigenvalue weighted by atomic mass is 9.81. The molecule has 0 amide bonds. The van der Waals surface area contributed by atoms with E-state index in [1.807, 2.05) is 0 Å². The summed E-state index contributed by atoms with van der Waals surface area (Å²) in [6.45, 7) is 4.78. The van der Waals surface area contributed by atoms with Crippen LogP contribution in [0.4, 0.5) is 17.1 Å². The van der Waals surface area contributed by atoms with Crippen LogP contribution in [0, 0.1) is 0 Å². The molecular weight excluding hydrogens is 737 g/mol. The van der Waals surface area contributed by atoms with Crippen LogP contribution in [0.1, 0.15) is 25.0 Å². The number of hydrogen-bond acceptors (Lipinski definition) is 1. The Labute approximate surface area is 356 Å². The smallest absolute Gasteiger partial charge is 0.0541 e. The molecule has 0 saturated carbocycles. The highest BCUT2D eigenvalue weighted by Gasteiger charge is 2.36. The summed E-state index contributed by atoms with van der Waals surface area (Å²) in [7, 11) is 0. The van der Waals surface area contributed by atoms with E-state index in [4.69, 9.17) is 0 Å². The molecule has 0 aliphatic heterocycles. The predicted octanol–water partition coefficient (Wildman–Crippen LogP) is 16.2. The van der Waals surface area contributed by atoms with Gasteiger partial charge in [-0.1, -0.05) is 159 Å². The molecule has 2 heteroatoms. The summed E-state index contributed by atoms with van der Waals surface area (Å²) in [5.41, 5.74) is 17.0. The van der Waals surface area contributed by atoms with E-state index in [0.29, 0.717) is 0 Å². The molecule has 61 heavy (non-hydrogen) atoms. The van der Waals surface area contributed by atoms with Gasteiger partial charge in [-0.05, 0) is 139 Å². The summed E-state index contributed by atoms with van der Waals surface area (Å²) in [5, 5.41) is 7.55. The number of benzene rings is 10. The van der Waals surface area contributed by atoms with Gasteiger partial charge in [0, 0.05) is 38.9 Å². The molecule has 1 aromatic heterocycles. The zero-order valence-electron chi connectivity index (χ0n) is 34.2. The van der Waals surface area contributed by atoms with Crippen molar-refractivity contribution in [3.63, 3.8) is 0 Å². The molecule has 11 aromatic rings. The average Bonchev–Trinajstić information content (AvgIpc) is 3.77. The minimum Gasteiger partial charge on any atom is -0.310 e. The fraction of sp³-hybridized carbons (Fsp3) is 0.0508. The van der Waals surface area contributed by atoms with Crippen LogP contribution in [0.2, 0.25) is 0 Å². The fourth-order valence-electron chi connectivity index (χ4n) is 10.1. The maximum absolute atomic E-state index is 2.45. The van der Waals surface area contributed by atoms with Crippen molar-refractivity contribution in [2.24, 2.45) is 0 Å². The minimum absolute atomic E-state index is 0.216. The summed E-state index contributed by atoms with van der Waals surface area (Å²) in [4.78, 5) is 2.43. The van der Waals surface area contributed by atoms with E-state index in [2.05, 4.69) is 242 Å². The minimum atomic E-state index is -0.216. The monoisotopic (exact) mass is 778 g/mol. The molecule has 0 atom stereocenters. The highest BCUT2D eigenvalue weighted by atomic mass is 15.1. The maximum atomic E-state index is 2.45. The van der Waals surface area contributed by atoms with Gasteiger partial charge in [-0.15, -0.1) is 0 Å². The van der Waals surface area contributed by atoms with Crippen molar-refractivity contribution in [2.75, 3.05) is 4.90 Å². The Morgan fingerprint density at radius 2 is 0.869 bits per heavy atom. The van der Waals surface area contributed by atoms with Crippen molar-refractivity contribution in [3.8, 4) is 39.1 Å². The van der Waals surface area contributed by atoms with Crippen molar-refractivity contribution in [1.29, 1.82) is 0 Å². The highest BCUT2D eigenvalue weighted by molar-refractivity contribution is 6.11. The Morgan fingerprint density at radius 1 is 0.344 bits per heavy atom. The van der Waals surface area contributed by atoms with E-state index in [1.165, 1.54) is 93.5 Å². The summed E-state index contributed by atoms with van der Waals surface area (Å²) in [5.74, 6) is 0. The van der Waals surface area contributed by atoms with Crippen LogP contribution in [0.5, 0.6) is 0 Å². The van der Waals surface area contributed by atoms with Crippen LogP contribution in [0.3, 0.4) is 0 Å². The second-order valence-corrected chi connectivity index (χ2v) is 17.0. The molecule has 12 rings (SSSR count). The Kier molecular flexibility index (Phi) is 7.92. The molecular formula is C59H42N2. The van der Waals surface area contributed by atoms with Crippen molar-refractivity contribution in [1.82, 2.24) is 4.57 Å². The van der Waals surface area contributed by atoms with Gasteiger partial charge in [0.2, 0.25) is 0 Å². The van der Waals surface area contributed by atoms with Gasteiger partial charge in [0.1, 0.15) is 0 Å². The summed E-state index contributed by atoms with van der Waals surface area (Å²) < 4.78 is 2.38. The molecule has 0 radical (unpaired) electrons. The zero-order chi connectivity index (χ0) is 40.7. The van der Waals surface area contributed by atoms with E-state index in [1.54, 1.807) is 0 Å². The van der Waals surface area contributed by atoms with Crippen LogP contribution in [-0.4, -0.2) is 4.57 Å². The van der Waals surface area contributed by atoms with Crippen molar-refractivity contribution in [3.05, 3.63) is 230 Å². The Bertz CT molecular complexity index is 3480. The maximum Gasteiger partial charge on any atom is 0.0541 e. The first-order valence-corrected chi connectivity index (χ1v) is 21.3. The molecule has 0 fully saturated rings. The van der Waals surface area contributed by atoms with Gasteiger partial charge in [0.15, 0.2) is 0 Å². The van der Waals surface area contributed by atoms with Crippen LogP contribution >= 0.6 is 0 Å². The van der Waals surface area contributed by atoms with Crippen molar-refractivity contribution < 1.29 is 0 Å². The molecule has 0 unspecified atom stereocenters. The summed E-state index contributed by atoms with van der Waals surface area (Å²) in [6, 6.07) is 80.4. The second kappa shape index (κ2) is 13.7. The van der Waals surface area contributed by atoms with Crippen molar-refractivity contribution >= 4 is 60.4 Å². The molecule has 0 N–H and O–H groups in total. The second-order valence-electron chi connectivity index (χ2n) is 17.0.